The summed E-state index contributed by atoms with van der Waals surface area (Å²) in [5.41, 5.74) is 0. The number of ether oxygens (including phenoxy) is 1. The minimum atomic E-state index is -0.900. The summed E-state index contributed by atoms with van der Waals surface area (Å²) in [7, 11) is 0. The maximum atomic E-state index is 12.4. The Kier molecular flexibility index (Phi) is 6.38. The maximum absolute atomic E-state index is 12.4. The van der Waals surface area contributed by atoms with Crippen molar-refractivity contribution in [2.45, 2.75) is 26.1 Å². The van der Waals surface area contributed by atoms with Gasteiger partial charge >= 0.3 is 0 Å². The molecule has 2 heterocycles. The van der Waals surface area contributed by atoms with E-state index in [0.717, 1.165) is 0 Å². The number of rotatable bonds is 6. The van der Waals surface area contributed by atoms with E-state index >= 15 is 0 Å². The van der Waals surface area contributed by atoms with E-state index in [1.54, 1.807) is 29.4 Å². The molecule has 0 aliphatic carbocycles. The Bertz CT molecular complexity index is 511. The molecular formula is C17H25NO5. The average molecular weight is 323 g/mol. The van der Waals surface area contributed by atoms with Crippen molar-refractivity contribution in [3.8, 4) is 0 Å². The molecule has 0 bridgehead atoms. The molecule has 23 heavy (non-hydrogen) atoms. The summed E-state index contributed by atoms with van der Waals surface area (Å²) in [6.45, 7) is 5.44. The van der Waals surface area contributed by atoms with Crippen LogP contribution in [0.3, 0.4) is 0 Å². The van der Waals surface area contributed by atoms with Gasteiger partial charge in [-0.05, 0) is 24.1 Å². The van der Waals surface area contributed by atoms with Crippen LogP contribution in [0.15, 0.2) is 28.9 Å². The highest BCUT2D eigenvalue weighted by atomic mass is 16.5. The van der Waals surface area contributed by atoms with Crippen molar-refractivity contribution in [2.75, 3.05) is 26.3 Å². The monoisotopic (exact) mass is 323 g/mol. The molecule has 1 aromatic heterocycles. The zero-order valence-electron chi connectivity index (χ0n) is 13.6. The molecule has 0 radical (unpaired) electrons. The van der Waals surface area contributed by atoms with E-state index in [0.29, 0.717) is 31.4 Å². The second-order valence-corrected chi connectivity index (χ2v) is 6.34. The summed E-state index contributed by atoms with van der Waals surface area (Å²) in [5, 5.41) is 19.8. The van der Waals surface area contributed by atoms with Crippen LogP contribution in [0, 0.1) is 11.8 Å². The predicted octanol–water partition coefficient (Wildman–Crippen LogP) is 1.15. The van der Waals surface area contributed by atoms with Crippen molar-refractivity contribution in [1.29, 1.82) is 0 Å². The molecule has 2 rings (SSSR count). The molecule has 1 amide bonds. The zero-order valence-corrected chi connectivity index (χ0v) is 13.6. The molecule has 2 N–H and O–H groups in total. The van der Waals surface area contributed by atoms with Crippen molar-refractivity contribution >= 4 is 12.0 Å². The summed E-state index contributed by atoms with van der Waals surface area (Å²) in [6.07, 6.45) is 2.86. The highest BCUT2D eigenvalue weighted by Crippen LogP contribution is 2.18. The summed E-state index contributed by atoms with van der Waals surface area (Å²) in [5.74, 6) is 0.461. The summed E-state index contributed by atoms with van der Waals surface area (Å²) >= 11 is 0. The van der Waals surface area contributed by atoms with Crippen LogP contribution >= 0.6 is 0 Å². The Morgan fingerprint density at radius 1 is 1.43 bits per heavy atom. The molecule has 6 nitrogen and oxygen atoms in total. The summed E-state index contributed by atoms with van der Waals surface area (Å²) in [6, 6.07) is 3.53. The van der Waals surface area contributed by atoms with Gasteiger partial charge in [-0.3, -0.25) is 4.79 Å². The smallest absolute Gasteiger partial charge is 0.246 e. The van der Waals surface area contributed by atoms with Gasteiger partial charge in [0, 0.05) is 25.1 Å². The van der Waals surface area contributed by atoms with Crippen LogP contribution in [-0.4, -0.2) is 59.5 Å². The molecule has 0 aromatic carbocycles. The number of amides is 1. The summed E-state index contributed by atoms with van der Waals surface area (Å²) < 4.78 is 10.5. The van der Waals surface area contributed by atoms with Crippen LogP contribution in [0.5, 0.6) is 0 Å². The first-order valence-corrected chi connectivity index (χ1v) is 7.91. The minimum Gasteiger partial charge on any atom is -0.465 e. The third-order valence-electron chi connectivity index (χ3n) is 3.78. The Morgan fingerprint density at radius 3 is 2.87 bits per heavy atom. The number of hydrogen-bond acceptors (Lipinski definition) is 5. The van der Waals surface area contributed by atoms with E-state index < -0.39 is 12.2 Å². The lowest BCUT2D eigenvalue weighted by Crippen LogP contribution is -2.50. The fraction of sp³-hybridized carbons (Fsp3) is 0.588. The zero-order chi connectivity index (χ0) is 16.8. The molecule has 1 fully saturated rings. The van der Waals surface area contributed by atoms with Gasteiger partial charge in [-0.15, -0.1) is 0 Å². The number of aliphatic hydroxyl groups excluding tert-OH is 2. The fourth-order valence-electron chi connectivity index (χ4n) is 2.64. The summed E-state index contributed by atoms with van der Waals surface area (Å²) in [4.78, 5) is 14.1. The molecular weight excluding hydrogens is 298 g/mol. The number of carbonyl (C=O) groups excluding carboxylic acids is 1. The van der Waals surface area contributed by atoms with Gasteiger partial charge in [-0.2, -0.15) is 0 Å². The third-order valence-corrected chi connectivity index (χ3v) is 3.78. The first-order valence-electron chi connectivity index (χ1n) is 7.91. The van der Waals surface area contributed by atoms with Crippen LogP contribution < -0.4 is 0 Å². The SMILES string of the molecule is CC(C)CN(C[C@@H]1COC[C@@H](O)[C@H]1O)C(=O)C=Cc1ccco1. The van der Waals surface area contributed by atoms with E-state index in [9.17, 15) is 15.0 Å². The largest absolute Gasteiger partial charge is 0.465 e. The quantitative estimate of drug-likeness (QED) is 0.767. The van der Waals surface area contributed by atoms with Crippen LogP contribution in [-0.2, 0) is 9.53 Å². The maximum Gasteiger partial charge on any atom is 0.246 e. The molecule has 0 unspecified atom stereocenters. The number of carbonyl (C=O) groups is 1. The fourth-order valence-corrected chi connectivity index (χ4v) is 2.64. The van der Waals surface area contributed by atoms with E-state index in [4.69, 9.17) is 9.15 Å². The molecule has 1 aromatic rings. The van der Waals surface area contributed by atoms with Crippen molar-refractivity contribution < 1.29 is 24.2 Å². The second-order valence-electron chi connectivity index (χ2n) is 6.34. The highest BCUT2D eigenvalue weighted by Gasteiger charge is 2.33. The number of nitrogens with zero attached hydrogens (tertiary/aromatic N) is 1. The average Bonchev–Trinajstić information content (AvgIpc) is 3.01. The first kappa shape index (κ1) is 17.7. The van der Waals surface area contributed by atoms with Crippen LogP contribution in [0.1, 0.15) is 19.6 Å². The first-order chi connectivity index (χ1) is 11.0. The Labute approximate surface area is 136 Å². The van der Waals surface area contributed by atoms with Gasteiger partial charge < -0.3 is 24.3 Å². The van der Waals surface area contributed by atoms with Gasteiger partial charge in [-0.1, -0.05) is 13.8 Å². The van der Waals surface area contributed by atoms with Gasteiger partial charge in [0.25, 0.3) is 0 Å². The molecule has 1 saturated heterocycles. The van der Waals surface area contributed by atoms with Crippen LogP contribution in [0.2, 0.25) is 0 Å². The second kappa shape index (κ2) is 8.29. The van der Waals surface area contributed by atoms with Gasteiger partial charge in [0.15, 0.2) is 0 Å². The molecule has 6 heteroatoms. The van der Waals surface area contributed by atoms with Crippen molar-refractivity contribution in [3.63, 3.8) is 0 Å². The molecule has 128 valence electrons. The highest BCUT2D eigenvalue weighted by molar-refractivity contribution is 5.91. The van der Waals surface area contributed by atoms with Gasteiger partial charge in [0.2, 0.25) is 5.91 Å². The molecule has 1 aliphatic heterocycles. The van der Waals surface area contributed by atoms with E-state index in [-0.39, 0.29) is 18.4 Å². The van der Waals surface area contributed by atoms with Crippen LogP contribution in [0.25, 0.3) is 6.08 Å². The van der Waals surface area contributed by atoms with E-state index in [1.807, 2.05) is 13.8 Å². The molecule has 1 aliphatic rings. The molecule has 3 atom stereocenters. The topological polar surface area (TPSA) is 83.1 Å². The van der Waals surface area contributed by atoms with Crippen molar-refractivity contribution in [2.24, 2.45) is 11.8 Å². The predicted molar refractivity (Wildman–Crippen MR) is 85.5 cm³/mol. The Morgan fingerprint density at radius 2 is 2.22 bits per heavy atom. The van der Waals surface area contributed by atoms with E-state index in [2.05, 4.69) is 0 Å². The van der Waals surface area contributed by atoms with Gasteiger partial charge in [-0.25, -0.2) is 0 Å². The normalized spacial score (nSPS) is 25.2. The lowest BCUT2D eigenvalue weighted by atomic mass is 9.95. The van der Waals surface area contributed by atoms with E-state index in [1.165, 1.54) is 6.08 Å². The third kappa shape index (κ3) is 5.20. The number of hydrogen-bond donors (Lipinski definition) is 2. The standard InChI is InChI=1S/C17H25NO5/c1-12(2)8-18(9-13-10-22-11-15(19)17(13)21)16(20)6-5-14-4-3-7-23-14/h3-7,12-13,15,17,19,21H,8-11H2,1-2H3/t13-,15-,17+/m1/s1. The number of aliphatic hydroxyl groups is 2. The minimum absolute atomic E-state index is 0.133. The molecule has 0 spiro atoms. The van der Waals surface area contributed by atoms with Gasteiger partial charge in [0.05, 0.1) is 25.6 Å². The van der Waals surface area contributed by atoms with Gasteiger partial charge in [0.1, 0.15) is 11.9 Å². The molecule has 0 saturated carbocycles. The number of furan rings is 1. The lowest BCUT2D eigenvalue weighted by Gasteiger charge is -2.35. The Hall–Kier alpha value is -1.63. The van der Waals surface area contributed by atoms with Crippen LogP contribution in [0.4, 0.5) is 0 Å². The Balaban J connectivity index is 2.02. The van der Waals surface area contributed by atoms with Crippen molar-refractivity contribution in [1.82, 2.24) is 4.90 Å². The van der Waals surface area contributed by atoms with Crippen molar-refractivity contribution in [3.05, 3.63) is 30.2 Å². The lowest BCUT2D eigenvalue weighted by molar-refractivity contribution is -0.139.